The first kappa shape index (κ1) is 18.4. The number of hydrogen-bond acceptors (Lipinski definition) is 6. The average Bonchev–Trinajstić information content (AvgIpc) is 3.18. The van der Waals surface area contributed by atoms with Crippen molar-refractivity contribution in [2.75, 3.05) is 25.1 Å². The highest BCUT2D eigenvalue weighted by Crippen LogP contribution is 2.42. The molecule has 0 radical (unpaired) electrons. The molecule has 0 aliphatic heterocycles. The van der Waals surface area contributed by atoms with E-state index in [0.29, 0.717) is 10.9 Å². The topological polar surface area (TPSA) is 102 Å². The molecule has 28 heavy (non-hydrogen) atoms. The fourth-order valence-electron chi connectivity index (χ4n) is 3.39. The molecule has 0 aromatic carbocycles. The van der Waals surface area contributed by atoms with Crippen LogP contribution in [0.15, 0.2) is 18.3 Å². The summed E-state index contributed by atoms with van der Waals surface area (Å²) in [5.41, 5.74) is 11.0. The highest BCUT2D eigenvalue weighted by molar-refractivity contribution is 7.19. The minimum absolute atomic E-state index is 0.179. The third-order valence-corrected chi connectivity index (χ3v) is 5.80. The van der Waals surface area contributed by atoms with Gasteiger partial charge in [-0.2, -0.15) is 5.10 Å². The summed E-state index contributed by atoms with van der Waals surface area (Å²) in [6.07, 6.45) is 4.56. The molecule has 3 heterocycles. The zero-order valence-electron chi connectivity index (χ0n) is 16.2. The van der Waals surface area contributed by atoms with Gasteiger partial charge < -0.3 is 10.6 Å². The van der Waals surface area contributed by atoms with E-state index in [1.54, 1.807) is 26.4 Å². The maximum absolute atomic E-state index is 12.0. The van der Waals surface area contributed by atoms with Gasteiger partial charge in [0.05, 0.1) is 22.0 Å². The van der Waals surface area contributed by atoms with Crippen molar-refractivity contribution in [1.29, 1.82) is 0 Å². The molecule has 0 bridgehead atoms. The van der Waals surface area contributed by atoms with Crippen LogP contribution in [0.4, 0.5) is 15.7 Å². The molecule has 3 N–H and O–H groups in total. The average molecular weight is 398 g/mol. The first-order valence-corrected chi connectivity index (χ1v) is 10.1. The van der Waals surface area contributed by atoms with Crippen molar-refractivity contribution in [2.45, 2.75) is 32.7 Å². The first-order chi connectivity index (χ1) is 13.5. The second-order valence-corrected chi connectivity index (χ2v) is 7.94. The van der Waals surface area contributed by atoms with E-state index in [1.807, 2.05) is 10.7 Å². The lowest BCUT2D eigenvalue weighted by Crippen LogP contribution is -2.27. The number of thiazole rings is 1. The lowest BCUT2D eigenvalue weighted by molar-refractivity contribution is 0.230. The summed E-state index contributed by atoms with van der Waals surface area (Å²) in [5.74, 6) is 0.496. The van der Waals surface area contributed by atoms with Gasteiger partial charge in [0.25, 0.3) is 0 Å². The third kappa shape index (κ3) is 3.22. The van der Waals surface area contributed by atoms with E-state index in [2.05, 4.69) is 17.2 Å². The lowest BCUT2D eigenvalue weighted by Gasteiger charge is -2.09. The number of carbonyl (C=O) groups excluding carboxylic acids is 1. The van der Waals surface area contributed by atoms with E-state index in [9.17, 15) is 4.79 Å². The normalized spacial score (nSPS) is 12.8. The molecule has 0 saturated heterocycles. The standard InChI is InChI=1S/C19H23N7OS/c1-4-26-16-12(15(24-26)11-8-9-14(20)21-10-11)6-5-7-13-17(16)28-18(22-13)23-19(27)25(2)3/h8-10H,4-7H2,1-3H3,(H2,20,21)(H,22,23,27). The molecule has 0 atom stereocenters. The predicted molar refractivity (Wildman–Crippen MR) is 111 cm³/mol. The predicted octanol–water partition coefficient (Wildman–Crippen LogP) is 3.25. The number of hydrogen-bond donors (Lipinski definition) is 2. The number of amides is 2. The van der Waals surface area contributed by atoms with Crippen molar-refractivity contribution in [2.24, 2.45) is 0 Å². The molecular formula is C19H23N7OS. The van der Waals surface area contributed by atoms with Gasteiger partial charge in [-0.1, -0.05) is 11.3 Å². The number of rotatable bonds is 3. The van der Waals surface area contributed by atoms with Crippen LogP contribution in [0.25, 0.3) is 21.8 Å². The third-order valence-electron chi connectivity index (χ3n) is 4.78. The Hall–Kier alpha value is -2.94. The van der Waals surface area contributed by atoms with Gasteiger partial charge in [0.1, 0.15) is 5.82 Å². The van der Waals surface area contributed by atoms with E-state index in [4.69, 9.17) is 15.8 Å². The SMILES string of the molecule is CCn1nc(-c2ccc(N)nc2)c2c1-c1sc(NC(=O)N(C)C)nc1CCC2. The van der Waals surface area contributed by atoms with E-state index in [0.717, 1.165) is 53.3 Å². The number of nitrogens with one attached hydrogen (secondary N) is 1. The number of nitrogen functional groups attached to an aromatic ring is 1. The summed E-state index contributed by atoms with van der Waals surface area (Å²) in [6.45, 7) is 2.83. The Morgan fingerprint density at radius 2 is 2.18 bits per heavy atom. The Labute approximate surface area is 167 Å². The van der Waals surface area contributed by atoms with Crippen LogP contribution in [-0.2, 0) is 19.4 Å². The number of fused-ring (bicyclic) bond motifs is 3. The van der Waals surface area contributed by atoms with Crippen molar-refractivity contribution in [3.8, 4) is 21.8 Å². The maximum Gasteiger partial charge on any atom is 0.323 e. The minimum atomic E-state index is -0.179. The van der Waals surface area contributed by atoms with Gasteiger partial charge in [0.2, 0.25) is 0 Å². The number of nitrogens with two attached hydrogens (primary N) is 1. The molecule has 0 saturated carbocycles. The van der Waals surface area contributed by atoms with Gasteiger partial charge >= 0.3 is 6.03 Å². The molecule has 0 unspecified atom stereocenters. The number of nitrogens with zero attached hydrogens (tertiary/aromatic N) is 5. The Morgan fingerprint density at radius 1 is 1.36 bits per heavy atom. The quantitative estimate of drug-likeness (QED) is 0.706. The highest BCUT2D eigenvalue weighted by atomic mass is 32.1. The summed E-state index contributed by atoms with van der Waals surface area (Å²) in [4.78, 5) is 23.5. The van der Waals surface area contributed by atoms with Gasteiger partial charge in [-0.15, -0.1) is 0 Å². The molecule has 2 amide bonds. The van der Waals surface area contributed by atoms with Crippen LogP contribution in [-0.4, -0.2) is 44.8 Å². The lowest BCUT2D eigenvalue weighted by atomic mass is 10.0. The van der Waals surface area contributed by atoms with Crippen molar-refractivity contribution >= 4 is 28.3 Å². The van der Waals surface area contributed by atoms with Crippen molar-refractivity contribution in [1.82, 2.24) is 24.6 Å². The van der Waals surface area contributed by atoms with Crippen LogP contribution in [0, 0.1) is 0 Å². The fourth-order valence-corrected chi connectivity index (χ4v) is 4.47. The van der Waals surface area contributed by atoms with Crippen molar-refractivity contribution < 1.29 is 4.79 Å². The van der Waals surface area contributed by atoms with Crippen molar-refractivity contribution in [3.63, 3.8) is 0 Å². The number of pyridine rings is 1. The minimum Gasteiger partial charge on any atom is -0.384 e. The van der Waals surface area contributed by atoms with E-state index in [1.165, 1.54) is 21.8 Å². The molecule has 8 nitrogen and oxygen atoms in total. The van der Waals surface area contributed by atoms with Crippen LogP contribution in [0.5, 0.6) is 0 Å². The second kappa shape index (κ2) is 7.23. The largest absolute Gasteiger partial charge is 0.384 e. The van der Waals surface area contributed by atoms with Gasteiger partial charge in [-0.3, -0.25) is 10.00 Å². The molecule has 3 aromatic rings. The summed E-state index contributed by atoms with van der Waals surface area (Å²) < 4.78 is 2.03. The molecule has 0 spiro atoms. The van der Waals surface area contributed by atoms with Crippen LogP contribution in [0.2, 0.25) is 0 Å². The Balaban J connectivity index is 1.82. The summed E-state index contributed by atoms with van der Waals surface area (Å²) in [6, 6.07) is 3.59. The molecule has 1 aliphatic rings. The van der Waals surface area contributed by atoms with Gasteiger partial charge in [-0.05, 0) is 38.3 Å². The Morgan fingerprint density at radius 3 is 2.86 bits per heavy atom. The van der Waals surface area contributed by atoms with Crippen LogP contribution in [0.3, 0.4) is 0 Å². The second-order valence-electron chi connectivity index (χ2n) is 6.94. The molecule has 0 fully saturated rings. The fraction of sp³-hybridized carbons (Fsp3) is 0.368. The summed E-state index contributed by atoms with van der Waals surface area (Å²) in [5, 5.41) is 8.36. The number of aromatic nitrogens is 4. The van der Waals surface area contributed by atoms with Crippen LogP contribution in [0.1, 0.15) is 24.6 Å². The zero-order chi connectivity index (χ0) is 19.8. The molecule has 4 rings (SSSR count). The number of aryl methyl sites for hydroxylation is 2. The Bertz CT molecular complexity index is 1020. The monoisotopic (exact) mass is 397 g/mol. The Kier molecular flexibility index (Phi) is 4.76. The van der Waals surface area contributed by atoms with Gasteiger partial charge in [0.15, 0.2) is 5.13 Å². The zero-order valence-corrected chi connectivity index (χ0v) is 17.0. The number of urea groups is 1. The summed E-state index contributed by atoms with van der Waals surface area (Å²) >= 11 is 1.51. The summed E-state index contributed by atoms with van der Waals surface area (Å²) in [7, 11) is 3.43. The highest BCUT2D eigenvalue weighted by Gasteiger charge is 2.27. The van der Waals surface area contributed by atoms with E-state index < -0.39 is 0 Å². The molecular weight excluding hydrogens is 374 g/mol. The first-order valence-electron chi connectivity index (χ1n) is 9.28. The number of carbonyl (C=O) groups is 1. The van der Waals surface area contributed by atoms with Crippen LogP contribution >= 0.6 is 11.3 Å². The molecule has 3 aromatic heterocycles. The van der Waals surface area contributed by atoms with E-state index in [-0.39, 0.29) is 6.03 Å². The molecule has 9 heteroatoms. The maximum atomic E-state index is 12.0. The van der Waals surface area contributed by atoms with Gasteiger partial charge in [-0.25, -0.2) is 14.8 Å². The van der Waals surface area contributed by atoms with Crippen LogP contribution < -0.4 is 11.1 Å². The smallest absolute Gasteiger partial charge is 0.323 e. The van der Waals surface area contributed by atoms with Crippen molar-refractivity contribution in [3.05, 3.63) is 29.6 Å². The molecule has 1 aliphatic carbocycles. The van der Waals surface area contributed by atoms with E-state index >= 15 is 0 Å². The molecule has 146 valence electrons. The van der Waals surface area contributed by atoms with Gasteiger partial charge in [0, 0.05) is 38.0 Å². The number of anilines is 2.